The van der Waals surface area contributed by atoms with Crippen LogP contribution in [0.2, 0.25) is 0 Å². The lowest BCUT2D eigenvalue weighted by atomic mass is 10.0. The van der Waals surface area contributed by atoms with Gasteiger partial charge >= 0.3 is 5.97 Å². The van der Waals surface area contributed by atoms with Crippen molar-refractivity contribution in [3.63, 3.8) is 0 Å². The first-order chi connectivity index (χ1) is 14.8. The minimum atomic E-state index is -0.552. The van der Waals surface area contributed by atoms with Crippen molar-refractivity contribution in [3.8, 4) is 11.5 Å². The zero-order valence-electron chi connectivity index (χ0n) is 16.1. The fourth-order valence-corrected chi connectivity index (χ4v) is 3.65. The highest BCUT2D eigenvalue weighted by atomic mass is 79.9. The topological polar surface area (TPSA) is 95.7 Å². The van der Waals surface area contributed by atoms with E-state index in [4.69, 9.17) is 9.47 Å². The molecule has 0 spiro atoms. The van der Waals surface area contributed by atoms with E-state index in [2.05, 4.69) is 15.9 Å². The van der Waals surface area contributed by atoms with Gasteiger partial charge in [0.25, 0.3) is 5.69 Å². The number of ketones is 1. The molecular weight excluding hydrogens is 466 g/mol. The maximum Gasteiger partial charge on any atom is 0.344 e. The van der Waals surface area contributed by atoms with E-state index < -0.39 is 10.9 Å². The van der Waals surface area contributed by atoms with Crippen LogP contribution in [0.5, 0.6) is 11.5 Å². The van der Waals surface area contributed by atoms with Crippen molar-refractivity contribution in [1.29, 1.82) is 0 Å². The molecule has 0 saturated heterocycles. The maximum atomic E-state index is 12.8. The van der Waals surface area contributed by atoms with Gasteiger partial charge in [0.1, 0.15) is 11.5 Å². The van der Waals surface area contributed by atoms with E-state index in [1.165, 1.54) is 30.3 Å². The summed E-state index contributed by atoms with van der Waals surface area (Å²) in [6.45, 7) is 1.71. The molecule has 3 aromatic rings. The lowest BCUT2D eigenvalue weighted by molar-refractivity contribution is -0.384. The molecule has 0 saturated carbocycles. The number of carbonyl (C=O) groups excluding carboxylic acids is 2. The van der Waals surface area contributed by atoms with E-state index in [1.807, 2.05) is 0 Å². The van der Waals surface area contributed by atoms with Crippen molar-refractivity contribution < 1.29 is 24.0 Å². The number of nitro benzene ring substituents is 1. The highest BCUT2D eigenvalue weighted by Gasteiger charge is 2.30. The fourth-order valence-electron chi connectivity index (χ4n) is 3.20. The van der Waals surface area contributed by atoms with Crippen molar-refractivity contribution in [2.75, 3.05) is 0 Å². The van der Waals surface area contributed by atoms with E-state index >= 15 is 0 Å². The Morgan fingerprint density at radius 2 is 1.90 bits per heavy atom. The van der Waals surface area contributed by atoms with Gasteiger partial charge in [0, 0.05) is 22.7 Å². The number of Topliss-reactive ketones (excluding diaryl/α,β-unsaturated/α-hetero) is 1. The number of non-ortho nitro benzene ring substituents is 1. The Bertz CT molecular complexity index is 1280. The van der Waals surface area contributed by atoms with Gasteiger partial charge in [0.05, 0.1) is 16.1 Å². The van der Waals surface area contributed by atoms with Crippen LogP contribution >= 0.6 is 15.9 Å². The average Bonchev–Trinajstić information content (AvgIpc) is 3.04. The Hall–Kier alpha value is -3.78. The Morgan fingerprint density at radius 3 is 2.65 bits per heavy atom. The van der Waals surface area contributed by atoms with Gasteiger partial charge in [0.15, 0.2) is 5.76 Å². The molecule has 0 fully saturated rings. The summed E-state index contributed by atoms with van der Waals surface area (Å²) in [5.74, 6) is -0.364. The molecule has 0 unspecified atom stereocenters. The van der Waals surface area contributed by atoms with Gasteiger partial charge in [-0.2, -0.15) is 0 Å². The van der Waals surface area contributed by atoms with E-state index in [9.17, 15) is 19.7 Å². The summed E-state index contributed by atoms with van der Waals surface area (Å²) in [4.78, 5) is 35.7. The Balaban J connectivity index is 1.62. The van der Waals surface area contributed by atoms with Gasteiger partial charge in [-0.25, -0.2) is 4.79 Å². The first kappa shape index (κ1) is 20.5. The summed E-state index contributed by atoms with van der Waals surface area (Å²) in [7, 11) is 0. The van der Waals surface area contributed by atoms with Crippen LogP contribution in [-0.2, 0) is 0 Å². The molecule has 1 aliphatic heterocycles. The van der Waals surface area contributed by atoms with Crippen LogP contribution < -0.4 is 9.47 Å². The molecule has 0 atom stereocenters. The molecule has 0 aliphatic carbocycles. The number of halogens is 1. The summed E-state index contributed by atoms with van der Waals surface area (Å²) in [6, 6.07) is 15.8. The third kappa shape index (κ3) is 4.10. The molecule has 8 heteroatoms. The first-order valence-corrected chi connectivity index (χ1v) is 9.93. The summed E-state index contributed by atoms with van der Waals surface area (Å²) >= 11 is 3.32. The number of carbonyl (C=O) groups is 2. The predicted octanol–water partition coefficient (Wildman–Crippen LogP) is 5.50. The van der Waals surface area contributed by atoms with Crippen LogP contribution in [0.1, 0.15) is 31.8 Å². The molecule has 0 amide bonds. The summed E-state index contributed by atoms with van der Waals surface area (Å²) in [5.41, 5.74) is 1.68. The summed E-state index contributed by atoms with van der Waals surface area (Å²) in [5, 5.41) is 11.0. The molecule has 3 aromatic carbocycles. The zero-order chi connectivity index (χ0) is 22.1. The van der Waals surface area contributed by atoms with Crippen molar-refractivity contribution in [1.82, 2.24) is 0 Å². The van der Waals surface area contributed by atoms with Gasteiger partial charge in [-0.05, 0) is 58.3 Å². The first-order valence-electron chi connectivity index (χ1n) is 9.13. The van der Waals surface area contributed by atoms with Crippen LogP contribution in [0.3, 0.4) is 0 Å². The van der Waals surface area contributed by atoms with Crippen LogP contribution in [0.15, 0.2) is 70.9 Å². The summed E-state index contributed by atoms with van der Waals surface area (Å²) in [6.07, 6.45) is 1.45. The highest BCUT2D eigenvalue weighted by Crippen LogP contribution is 2.38. The average molecular weight is 480 g/mol. The number of hydrogen-bond acceptors (Lipinski definition) is 6. The lowest BCUT2D eigenvalue weighted by Crippen LogP contribution is -2.09. The molecule has 0 bridgehead atoms. The van der Waals surface area contributed by atoms with E-state index in [1.54, 1.807) is 43.3 Å². The Kier molecular flexibility index (Phi) is 5.39. The normalized spacial score (nSPS) is 13.6. The number of rotatable bonds is 4. The fraction of sp³-hybridized carbons (Fsp3) is 0.0435. The van der Waals surface area contributed by atoms with Gasteiger partial charge in [0.2, 0.25) is 5.78 Å². The number of hydrogen-bond donors (Lipinski definition) is 0. The lowest BCUT2D eigenvalue weighted by Gasteiger charge is -2.08. The monoisotopic (exact) mass is 479 g/mol. The van der Waals surface area contributed by atoms with Crippen LogP contribution in [0, 0.1) is 17.0 Å². The van der Waals surface area contributed by atoms with E-state index in [0.717, 1.165) is 0 Å². The highest BCUT2D eigenvalue weighted by molar-refractivity contribution is 9.10. The van der Waals surface area contributed by atoms with Crippen LogP contribution in [-0.4, -0.2) is 16.7 Å². The second-order valence-electron chi connectivity index (χ2n) is 6.77. The second kappa shape index (κ2) is 8.16. The molecular formula is C23H14BrNO6. The molecule has 7 nitrogen and oxygen atoms in total. The molecule has 1 heterocycles. The van der Waals surface area contributed by atoms with E-state index in [0.29, 0.717) is 26.7 Å². The number of fused-ring (bicyclic) bond motifs is 1. The number of benzene rings is 3. The van der Waals surface area contributed by atoms with Crippen molar-refractivity contribution >= 4 is 39.4 Å². The third-order valence-corrected chi connectivity index (χ3v) is 5.32. The molecule has 0 radical (unpaired) electrons. The van der Waals surface area contributed by atoms with Crippen molar-refractivity contribution in [2.24, 2.45) is 0 Å². The zero-order valence-corrected chi connectivity index (χ0v) is 17.7. The number of ether oxygens (including phenoxy) is 2. The molecule has 0 N–H and O–H groups in total. The molecule has 31 heavy (non-hydrogen) atoms. The summed E-state index contributed by atoms with van der Waals surface area (Å²) < 4.78 is 11.8. The number of esters is 1. The maximum absolute atomic E-state index is 12.8. The largest absolute Gasteiger partial charge is 0.452 e. The van der Waals surface area contributed by atoms with E-state index in [-0.39, 0.29) is 28.7 Å². The quantitative estimate of drug-likeness (QED) is 0.161. The van der Waals surface area contributed by atoms with Gasteiger partial charge in [-0.1, -0.05) is 24.3 Å². The van der Waals surface area contributed by atoms with Crippen molar-refractivity contribution in [2.45, 2.75) is 6.92 Å². The van der Waals surface area contributed by atoms with Crippen LogP contribution in [0.4, 0.5) is 5.69 Å². The Labute approximate surface area is 185 Å². The van der Waals surface area contributed by atoms with Gasteiger partial charge < -0.3 is 9.47 Å². The Morgan fingerprint density at radius 1 is 1.13 bits per heavy atom. The number of nitrogens with zero attached hydrogens (tertiary/aromatic N) is 1. The smallest absolute Gasteiger partial charge is 0.344 e. The number of allylic oxidation sites excluding steroid dienone is 1. The molecule has 1 aliphatic rings. The number of nitro groups is 1. The SMILES string of the molecule is Cc1cc(OC(=O)c2ccccc2Br)cc2c1C(=O)/C(=C/c1cccc([N+](=O)[O-])c1)O2. The minimum Gasteiger partial charge on any atom is -0.452 e. The minimum absolute atomic E-state index is 0.0351. The van der Waals surface area contributed by atoms with Gasteiger partial charge in [-0.3, -0.25) is 14.9 Å². The number of aryl methyl sites for hydroxylation is 1. The van der Waals surface area contributed by atoms with Crippen molar-refractivity contribution in [3.05, 3.63) is 103 Å². The predicted molar refractivity (Wildman–Crippen MR) is 116 cm³/mol. The second-order valence-corrected chi connectivity index (χ2v) is 7.63. The molecule has 154 valence electrons. The van der Waals surface area contributed by atoms with Crippen LogP contribution in [0.25, 0.3) is 6.08 Å². The standard InChI is InChI=1S/C23H14BrNO6/c1-13-9-16(30-23(27)17-7-2-3-8-18(17)24)12-19-21(13)22(26)20(31-19)11-14-5-4-6-15(10-14)25(28)29/h2-12H,1H3/b20-11-. The third-order valence-electron chi connectivity index (χ3n) is 4.63. The van der Waals surface area contributed by atoms with Gasteiger partial charge in [-0.15, -0.1) is 0 Å². The molecule has 0 aromatic heterocycles. The molecule has 4 rings (SSSR count).